The second-order valence-corrected chi connectivity index (χ2v) is 11.8. The number of ether oxygens (including phenoxy) is 5. The average Bonchev–Trinajstić information content (AvgIpc) is 2.82. The van der Waals surface area contributed by atoms with Crippen LogP contribution in [-0.4, -0.2) is 68.2 Å². The van der Waals surface area contributed by atoms with E-state index < -0.39 is 63.1 Å². The van der Waals surface area contributed by atoms with Gasteiger partial charge in [-0.2, -0.15) is 0 Å². The third-order valence-corrected chi connectivity index (χ3v) is 4.86. The summed E-state index contributed by atoms with van der Waals surface area (Å²) >= 11 is 3.10. The molecule has 0 aliphatic carbocycles. The van der Waals surface area contributed by atoms with Crippen molar-refractivity contribution in [1.29, 1.82) is 0 Å². The highest BCUT2D eigenvalue weighted by Gasteiger charge is 2.76. The SMILES string of the molecule is CC(C)(C)OC(=O)[C@@H]1OC(C)(C)O[C@@]1(C(=O)OC(C)(C)C)[C@@](O)(CBr)C(=O)OC(C)(C)C. The first-order valence-electron chi connectivity index (χ1n) is 10.4. The normalized spacial score (nSPS) is 25.6. The van der Waals surface area contributed by atoms with Gasteiger partial charge in [0.05, 0.1) is 0 Å². The summed E-state index contributed by atoms with van der Waals surface area (Å²) in [7, 11) is 0. The Morgan fingerprint density at radius 1 is 0.875 bits per heavy atom. The fraction of sp³-hybridized carbons (Fsp3) is 0.864. The van der Waals surface area contributed by atoms with Crippen molar-refractivity contribution in [2.45, 2.75) is 116 Å². The zero-order chi connectivity index (χ0) is 25.6. The summed E-state index contributed by atoms with van der Waals surface area (Å²) in [5.41, 5.74) is -8.35. The van der Waals surface area contributed by atoms with Crippen LogP contribution in [0.5, 0.6) is 0 Å². The minimum absolute atomic E-state index is 0.521. The second kappa shape index (κ2) is 8.85. The van der Waals surface area contributed by atoms with Gasteiger partial charge in [-0.25, -0.2) is 14.4 Å². The van der Waals surface area contributed by atoms with Crippen molar-refractivity contribution in [3.8, 4) is 0 Å². The smallest absolute Gasteiger partial charge is 0.346 e. The van der Waals surface area contributed by atoms with E-state index in [4.69, 9.17) is 23.7 Å². The predicted octanol–water partition coefficient (Wildman–Crippen LogP) is 3.03. The fourth-order valence-corrected chi connectivity index (χ4v) is 3.69. The molecular weight excluding hydrogens is 488 g/mol. The van der Waals surface area contributed by atoms with E-state index in [1.54, 1.807) is 62.3 Å². The van der Waals surface area contributed by atoms with Crippen LogP contribution in [0.1, 0.15) is 76.2 Å². The minimum atomic E-state index is -2.71. The first kappa shape index (κ1) is 28.8. The van der Waals surface area contributed by atoms with Gasteiger partial charge in [0, 0.05) is 5.33 Å². The largest absolute Gasteiger partial charge is 0.458 e. The number of carbonyl (C=O) groups is 3. The molecule has 0 amide bonds. The molecule has 1 saturated heterocycles. The quantitative estimate of drug-likeness (QED) is 0.328. The van der Waals surface area contributed by atoms with Crippen LogP contribution >= 0.6 is 15.9 Å². The lowest BCUT2D eigenvalue weighted by atomic mass is 9.78. The van der Waals surface area contributed by atoms with Crippen LogP contribution in [0, 0.1) is 0 Å². The Balaban J connectivity index is 3.82. The van der Waals surface area contributed by atoms with Gasteiger partial charge < -0.3 is 28.8 Å². The van der Waals surface area contributed by atoms with Crippen LogP contribution in [0.25, 0.3) is 0 Å². The maximum atomic E-state index is 13.6. The number of carbonyl (C=O) groups excluding carboxylic acids is 3. The second-order valence-electron chi connectivity index (χ2n) is 11.3. The molecule has 1 rings (SSSR count). The lowest BCUT2D eigenvalue weighted by Gasteiger charge is -2.43. The molecular formula is C22H37BrO9. The highest BCUT2D eigenvalue weighted by molar-refractivity contribution is 9.09. The molecule has 1 fully saturated rings. The fourth-order valence-electron chi connectivity index (χ4n) is 3.04. The molecule has 1 aliphatic heterocycles. The zero-order valence-electron chi connectivity index (χ0n) is 20.9. The van der Waals surface area contributed by atoms with Crippen LogP contribution in [0.4, 0.5) is 0 Å². The maximum absolute atomic E-state index is 13.6. The van der Waals surface area contributed by atoms with Gasteiger partial charge in [0.2, 0.25) is 17.3 Å². The standard InChI is InChI=1S/C22H37BrO9/c1-17(2,3)29-14(24)13-22(32-20(10,11)28-13,16(26)31-19(7,8)9)21(27,12-23)15(25)30-18(4,5)6/h13,27H,12H2,1-11H3/t13-,21+,22-/m0/s1. The lowest BCUT2D eigenvalue weighted by Crippen LogP contribution is -2.72. The van der Waals surface area contributed by atoms with Crippen LogP contribution in [-0.2, 0) is 38.1 Å². The van der Waals surface area contributed by atoms with Crippen molar-refractivity contribution in [2.24, 2.45) is 0 Å². The van der Waals surface area contributed by atoms with Gasteiger partial charge >= 0.3 is 17.9 Å². The Labute approximate surface area is 198 Å². The van der Waals surface area contributed by atoms with Gasteiger partial charge in [-0.05, 0) is 76.2 Å². The maximum Gasteiger partial charge on any atom is 0.346 e. The van der Waals surface area contributed by atoms with Gasteiger partial charge in [-0.1, -0.05) is 15.9 Å². The first-order chi connectivity index (χ1) is 14.0. The Morgan fingerprint density at radius 3 is 1.69 bits per heavy atom. The molecule has 9 nitrogen and oxygen atoms in total. The highest BCUT2D eigenvalue weighted by Crippen LogP contribution is 2.47. The molecule has 0 radical (unpaired) electrons. The summed E-state index contributed by atoms with van der Waals surface area (Å²) in [6.45, 7) is 17.4. The number of hydrogen-bond acceptors (Lipinski definition) is 9. The van der Waals surface area contributed by atoms with E-state index in [0.717, 1.165) is 0 Å². The molecule has 0 unspecified atom stereocenters. The Hall–Kier alpha value is -1.23. The monoisotopic (exact) mass is 524 g/mol. The summed E-state index contributed by atoms with van der Waals surface area (Å²) in [4.78, 5) is 40.0. The molecule has 1 heterocycles. The number of halogens is 1. The molecule has 0 saturated carbocycles. The highest BCUT2D eigenvalue weighted by atomic mass is 79.9. The lowest BCUT2D eigenvalue weighted by molar-refractivity contribution is -0.240. The van der Waals surface area contributed by atoms with E-state index in [0.29, 0.717) is 0 Å². The zero-order valence-corrected chi connectivity index (χ0v) is 22.5. The summed E-state index contributed by atoms with van der Waals surface area (Å²) in [6.07, 6.45) is -1.83. The van der Waals surface area contributed by atoms with Crippen molar-refractivity contribution in [3.05, 3.63) is 0 Å². The molecule has 1 N–H and O–H groups in total. The molecule has 3 atom stereocenters. The third kappa shape index (κ3) is 6.42. The summed E-state index contributed by atoms with van der Waals surface area (Å²) in [5, 5.41) is 11.2. The van der Waals surface area contributed by atoms with Gasteiger partial charge in [-0.3, -0.25) is 0 Å². The average molecular weight is 525 g/mol. The van der Waals surface area contributed by atoms with Crippen LogP contribution in [0.15, 0.2) is 0 Å². The van der Waals surface area contributed by atoms with Crippen LogP contribution in [0.2, 0.25) is 0 Å². The number of rotatable bonds is 5. The van der Waals surface area contributed by atoms with Crippen LogP contribution < -0.4 is 0 Å². The molecule has 0 aromatic carbocycles. The number of esters is 3. The van der Waals surface area contributed by atoms with E-state index in [1.165, 1.54) is 13.8 Å². The summed E-state index contributed by atoms with van der Waals surface area (Å²) in [6, 6.07) is 0. The Kier molecular flexibility index (Phi) is 7.96. The van der Waals surface area contributed by atoms with Crippen LogP contribution in [0.3, 0.4) is 0 Å². The van der Waals surface area contributed by atoms with Gasteiger partial charge in [-0.15, -0.1) is 0 Å². The van der Waals surface area contributed by atoms with E-state index in [1.807, 2.05) is 0 Å². The van der Waals surface area contributed by atoms with Crippen molar-refractivity contribution in [1.82, 2.24) is 0 Å². The topological polar surface area (TPSA) is 118 Å². The van der Waals surface area contributed by atoms with E-state index in [9.17, 15) is 19.5 Å². The van der Waals surface area contributed by atoms with Gasteiger partial charge in [0.25, 0.3) is 0 Å². The van der Waals surface area contributed by atoms with E-state index in [-0.39, 0.29) is 0 Å². The van der Waals surface area contributed by atoms with Crippen molar-refractivity contribution in [3.63, 3.8) is 0 Å². The third-order valence-electron chi connectivity index (χ3n) is 4.05. The molecule has 0 aromatic heterocycles. The van der Waals surface area contributed by atoms with Crippen molar-refractivity contribution in [2.75, 3.05) is 5.33 Å². The molecule has 32 heavy (non-hydrogen) atoms. The van der Waals surface area contributed by atoms with Gasteiger partial charge in [0.1, 0.15) is 16.8 Å². The number of aliphatic hydroxyl groups is 1. The van der Waals surface area contributed by atoms with Gasteiger partial charge in [0.15, 0.2) is 5.79 Å². The van der Waals surface area contributed by atoms with E-state index in [2.05, 4.69) is 15.9 Å². The molecule has 186 valence electrons. The first-order valence-corrected chi connectivity index (χ1v) is 11.5. The predicted molar refractivity (Wildman–Crippen MR) is 119 cm³/mol. The minimum Gasteiger partial charge on any atom is -0.458 e. The molecule has 0 aromatic rings. The molecule has 10 heteroatoms. The van der Waals surface area contributed by atoms with E-state index >= 15 is 0 Å². The molecule has 1 aliphatic rings. The summed E-state index contributed by atoms with van der Waals surface area (Å²) in [5.74, 6) is -4.92. The van der Waals surface area contributed by atoms with Crippen molar-refractivity contribution >= 4 is 33.8 Å². The Bertz CT molecular complexity index is 742. The molecule has 0 spiro atoms. The number of hydrogen-bond donors (Lipinski definition) is 1. The molecule has 0 bridgehead atoms. The number of alkyl halides is 1. The Morgan fingerprint density at radius 2 is 1.31 bits per heavy atom. The summed E-state index contributed by atoms with van der Waals surface area (Å²) < 4.78 is 28.0. The van der Waals surface area contributed by atoms with Crippen molar-refractivity contribution < 1.29 is 43.2 Å².